The van der Waals surface area contributed by atoms with Crippen molar-refractivity contribution in [2.75, 3.05) is 22.6 Å². The smallest absolute Gasteiger partial charge is 0.352 e. The second-order valence-corrected chi connectivity index (χ2v) is 13.5. The number of carbonyl (C=O) groups is 4. The van der Waals surface area contributed by atoms with Crippen LogP contribution >= 0.6 is 46.6 Å². The molecule has 2 aromatic heterocycles. The molecule has 6 N–H and O–H groups in total. The van der Waals surface area contributed by atoms with Crippen molar-refractivity contribution in [1.29, 1.82) is 0 Å². The molecule has 41 heavy (non-hydrogen) atoms. The number of hydrogen-bond acceptors (Lipinski definition) is 13. The number of thiazole rings is 1. The zero-order chi connectivity index (χ0) is 29.4. The van der Waals surface area contributed by atoms with Gasteiger partial charge in [0.05, 0.1) is 13.2 Å². The summed E-state index contributed by atoms with van der Waals surface area (Å²) in [4.78, 5) is 60.9. The first-order valence-corrected chi connectivity index (χ1v) is 15.8. The number of aliphatic carboxylic acids is 2. The number of nitrogens with zero attached hydrogens (tertiary/aromatic N) is 4. The summed E-state index contributed by atoms with van der Waals surface area (Å²) in [5, 5.41) is 29.7. The number of hydrogen-bond donors (Lipinski definition) is 5. The molecule has 18 heteroatoms. The maximum Gasteiger partial charge on any atom is 0.352 e. The van der Waals surface area contributed by atoms with Crippen LogP contribution in [0.25, 0.3) is 0 Å². The number of pyridine rings is 1. The lowest BCUT2D eigenvalue weighted by atomic mass is 10.0. The topological polar surface area (TPSA) is 200 Å². The third kappa shape index (κ3) is 5.81. The standard InChI is InChI=1S/C23H23N7O7S4/c1-9(20(33)34)37-28-13(11-8-39-22(24)25-11)17(31)26-14-18(32)30-15(21(35)36)10(6-38-19(14)30)7-40-23-27-16-12(41-23)4-3-5-29(16)2/h3-5,8-9,14,19,23H,6-7H2,1-2H3,(H5,24,25,26,31,33,34,35,36)/p+1/b28-13-/t9-,14?,19+,23?/m0/s1. The lowest BCUT2D eigenvalue weighted by Crippen LogP contribution is -2.71. The number of carboxylic acid groups (broad SMARTS) is 2. The van der Waals surface area contributed by atoms with E-state index in [1.165, 1.54) is 40.7 Å². The van der Waals surface area contributed by atoms with Gasteiger partial charge in [0, 0.05) is 16.9 Å². The first-order chi connectivity index (χ1) is 19.5. The van der Waals surface area contributed by atoms with Crippen molar-refractivity contribution in [3.05, 3.63) is 40.7 Å². The van der Waals surface area contributed by atoms with Gasteiger partial charge in [0.25, 0.3) is 17.6 Å². The number of nitrogen functional groups attached to an aromatic ring is 1. The summed E-state index contributed by atoms with van der Waals surface area (Å²) in [5.74, 6) is -2.20. The number of carbonyl (C=O) groups excluding carboxylic acids is 2. The molecule has 2 unspecified atom stereocenters. The van der Waals surface area contributed by atoms with Gasteiger partial charge >= 0.3 is 11.9 Å². The van der Waals surface area contributed by atoms with Crippen molar-refractivity contribution in [1.82, 2.24) is 15.2 Å². The van der Waals surface area contributed by atoms with E-state index in [2.05, 4.69) is 20.8 Å². The van der Waals surface area contributed by atoms with Crippen LogP contribution in [0.3, 0.4) is 0 Å². The molecule has 3 aliphatic rings. The second kappa shape index (κ2) is 11.8. The second-order valence-electron chi connectivity index (χ2n) is 8.95. The van der Waals surface area contributed by atoms with Gasteiger partial charge in [-0.25, -0.2) is 19.1 Å². The number of thioether (sulfide) groups is 3. The van der Waals surface area contributed by atoms with Crippen LogP contribution in [-0.2, 0) is 31.1 Å². The molecule has 1 saturated heterocycles. The maximum absolute atomic E-state index is 13.1. The molecule has 0 saturated carbocycles. The van der Waals surface area contributed by atoms with E-state index in [0.717, 1.165) is 22.1 Å². The largest absolute Gasteiger partial charge is 0.478 e. The summed E-state index contributed by atoms with van der Waals surface area (Å²) in [5.41, 5.74) is 5.89. The molecule has 0 radical (unpaired) electrons. The molecule has 5 rings (SSSR count). The van der Waals surface area contributed by atoms with Crippen molar-refractivity contribution in [2.24, 2.45) is 12.2 Å². The van der Waals surface area contributed by atoms with Crippen molar-refractivity contribution in [3.8, 4) is 0 Å². The van der Waals surface area contributed by atoms with Crippen LogP contribution in [0, 0.1) is 0 Å². The highest BCUT2D eigenvalue weighted by atomic mass is 32.2. The predicted molar refractivity (Wildman–Crippen MR) is 154 cm³/mol. The molecule has 216 valence electrons. The fourth-order valence-electron chi connectivity index (χ4n) is 4.14. The number of anilines is 2. The number of aromatic nitrogens is 2. The fraction of sp³-hybridized carbons (Fsp3) is 0.348. The minimum atomic E-state index is -1.35. The third-order valence-corrected chi connectivity index (χ3v) is 10.8. The van der Waals surface area contributed by atoms with Crippen LogP contribution in [-0.4, -0.2) is 83.3 Å². The number of nitrogens with two attached hydrogens (primary N) is 1. The zero-order valence-corrected chi connectivity index (χ0v) is 24.7. The van der Waals surface area contributed by atoms with Crippen LogP contribution < -0.4 is 20.9 Å². The number of amides is 2. The van der Waals surface area contributed by atoms with Gasteiger partial charge in [-0.15, -0.1) is 23.1 Å². The molecule has 2 amide bonds. The Bertz CT molecular complexity index is 1500. The Morgan fingerprint density at radius 2 is 2.20 bits per heavy atom. The van der Waals surface area contributed by atoms with E-state index in [1.807, 2.05) is 29.9 Å². The highest BCUT2D eigenvalue weighted by Crippen LogP contribution is 2.44. The van der Waals surface area contributed by atoms with Crippen LogP contribution in [0.1, 0.15) is 12.6 Å². The summed E-state index contributed by atoms with van der Waals surface area (Å²) in [6.45, 7) is 1.23. The summed E-state index contributed by atoms with van der Waals surface area (Å²) >= 11 is 5.56. The van der Waals surface area contributed by atoms with Gasteiger partial charge in [-0.05, 0) is 24.6 Å². The Labute approximate surface area is 249 Å². The molecular weight excluding hydrogens is 615 g/mol. The van der Waals surface area contributed by atoms with Crippen LogP contribution in [0.4, 0.5) is 10.9 Å². The van der Waals surface area contributed by atoms with Gasteiger partial charge < -0.3 is 26.1 Å². The Balaban J connectivity index is 1.28. The van der Waals surface area contributed by atoms with Gasteiger partial charge in [-0.2, -0.15) is 0 Å². The van der Waals surface area contributed by atoms with Gasteiger partial charge in [-0.3, -0.25) is 19.8 Å². The minimum Gasteiger partial charge on any atom is -0.478 e. The molecular formula is C23H24N7O7S4+. The Hall–Kier alpha value is -3.48. The zero-order valence-electron chi connectivity index (χ0n) is 21.5. The van der Waals surface area contributed by atoms with Crippen molar-refractivity contribution in [3.63, 3.8) is 0 Å². The van der Waals surface area contributed by atoms with E-state index in [-0.39, 0.29) is 26.9 Å². The predicted octanol–water partition coefficient (Wildman–Crippen LogP) is 0.717. The molecule has 2 aromatic rings. The summed E-state index contributed by atoms with van der Waals surface area (Å²) < 4.78 is 1.96. The van der Waals surface area contributed by atoms with E-state index in [9.17, 15) is 24.3 Å². The monoisotopic (exact) mass is 638 g/mol. The molecule has 0 spiro atoms. The fourth-order valence-corrected chi connectivity index (χ4v) is 8.61. The Morgan fingerprint density at radius 3 is 2.85 bits per heavy atom. The van der Waals surface area contributed by atoms with Crippen LogP contribution in [0.5, 0.6) is 0 Å². The lowest BCUT2D eigenvalue weighted by molar-refractivity contribution is -0.658. The van der Waals surface area contributed by atoms with Crippen LogP contribution in [0.2, 0.25) is 0 Å². The van der Waals surface area contributed by atoms with E-state index >= 15 is 0 Å². The average Bonchev–Trinajstić information content (AvgIpc) is 3.56. The minimum absolute atomic E-state index is 0.0217. The number of fused-ring (bicyclic) bond motifs is 2. The molecule has 0 aliphatic carbocycles. The molecule has 5 heterocycles. The van der Waals surface area contributed by atoms with Crippen molar-refractivity contribution in [2.45, 2.75) is 34.0 Å². The van der Waals surface area contributed by atoms with Crippen molar-refractivity contribution < 1.29 is 38.8 Å². The van der Waals surface area contributed by atoms with E-state index < -0.39 is 41.3 Å². The highest BCUT2D eigenvalue weighted by molar-refractivity contribution is 8.17. The molecule has 4 atom stereocenters. The first-order valence-electron chi connectivity index (χ1n) is 12.0. The molecule has 14 nitrogen and oxygen atoms in total. The number of nitrogens with one attached hydrogen (secondary N) is 2. The summed E-state index contributed by atoms with van der Waals surface area (Å²) in [7, 11) is 1.94. The molecule has 1 fully saturated rings. The maximum atomic E-state index is 13.1. The lowest BCUT2D eigenvalue weighted by Gasteiger charge is -2.49. The summed E-state index contributed by atoms with van der Waals surface area (Å²) in [6.07, 6.45) is 0.593. The summed E-state index contributed by atoms with van der Waals surface area (Å²) in [6, 6.07) is 2.94. The van der Waals surface area contributed by atoms with Gasteiger partial charge in [0.2, 0.25) is 6.10 Å². The number of oxime groups is 1. The first kappa shape index (κ1) is 29.0. The highest BCUT2D eigenvalue weighted by Gasteiger charge is 2.54. The van der Waals surface area contributed by atoms with Gasteiger partial charge in [0.15, 0.2) is 15.5 Å². The average molecular weight is 639 g/mol. The van der Waals surface area contributed by atoms with Crippen LogP contribution in [0.15, 0.2) is 45.0 Å². The molecule has 3 aliphatic heterocycles. The van der Waals surface area contributed by atoms with Crippen molar-refractivity contribution >= 4 is 87.0 Å². The molecule has 0 aromatic carbocycles. The normalized spacial score (nSPS) is 22.3. The number of carboxylic acids is 2. The Kier molecular flexibility index (Phi) is 8.35. The molecule has 0 bridgehead atoms. The van der Waals surface area contributed by atoms with E-state index in [0.29, 0.717) is 17.1 Å². The third-order valence-electron chi connectivity index (χ3n) is 6.21. The quantitative estimate of drug-likeness (QED) is 0.106. The number of aryl methyl sites for hydroxylation is 1. The number of β-lactam (4-membered cyclic amide) rings is 1. The van der Waals surface area contributed by atoms with E-state index in [4.69, 9.17) is 15.7 Å². The number of rotatable bonds is 10. The van der Waals surface area contributed by atoms with Gasteiger partial charge in [0.1, 0.15) is 27.7 Å². The van der Waals surface area contributed by atoms with E-state index in [1.54, 1.807) is 11.8 Å². The van der Waals surface area contributed by atoms with Gasteiger partial charge in [-0.1, -0.05) is 28.7 Å². The SMILES string of the molecule is C[C@H](O/N=C(\C(=O)NC1C(=O)N2C(C(=O)O)=C(CSC3Nc4c(ccc[n+]4C)S3)CS[C@H]12)c1csc(N)n1)C(=O)O. The Morgan fingerprint density at radius 1 is 1.41 bits per heavy atom.